The molecule has 0 unspecified atom stereocenters. The predicted octanol–water partition coefficient (Wildman–Crippen LogP) is 13.4. The lowest BCUT2D eigenvalue weighted by molar-refractivity contribution is 0.660. The first-order valence-electron chi connectivity index (χ1n) is 18.3. The van der Waals surface area contributed by atoms with Gasteiger partial charge in [0.1, 0.15) is 11.2 Å². The zero-order chi connectivity index (χ0) is 35.8. The highest BCUT2D eigenvalue weighted by atomic mass is 32.1. The van der Waals surface area contributed by atoms with Crippen molar-refractivity contribution in [3.63, 3.8) is 0 Å². The van der Waals surface area contributed by atoms with E-state index < -0.39 is 0 Å². The second-order valence-electron chi connectivity index (χ2n) is 15.7. The molecule has 4 heteroatoms. The Labute approximate surface area is 311 Å². The van der Waals surface area contributed by atoms with E-state index in [0.717, 1.165) is 32.5 Å². The van der Waals surface area contributed by atoms with Crippen molar-refractivity contribution in [3.05, 3.63) is 172 Å². The van der Waals surface area contributed by atoms with Gasteiger partial charge in [-0.3, -0.25) is 4.79 Å². The summed E-state index contributed by atoms with van der Waals surface area (Å²) in [5, 5.41) is 3.41. The van der Waals surface area contributed by atoms with Crippen molar-refractivity contribution >= 4 is 70.5 Å². The fraction of sp³-hybridized carbons (Fsp3) is 0.122. The van der Waals surface area contributed by atoms with Crippen LogP contribution in [0.1, 0.15) is 49.9 Å². The molecular formula is C49H35NO2S. The average molecular weight is 702 g/mol. The van der Waals surface area contributed by atoms with E-state index in [2.05, 4.69) is 142 Å². The van der Waals surface area contributed by atoms with Crippen LogP contribution in [0.2, 0.25) is 0 Å². The highest BCUT2D eigenvalue weighted by Gasteiger charge is 2.38. The number of hydrogen-bond donors (Lipinski definition) is 0. The largest absolute Gasteiger partial charge is 0.456 e. The maximum atomic E-state index is 13.7. The molecule has 0 fully saturated rings. The minimum absolute atomic E-state index is 0.00406. The quantitative estimate of drug-likeness (QED) is 0.172. The molecule has 2 heterocycles. The van der Waals surface area contributed by atoms with Crippen molar-refractivity contribution in [3.8, 4) is 22.3 Å². The van der Waals surface area contributed by atoms with E-state index >= 15 is 0 Å². The highest BCUT2D eigenvalue weighted by Crippen LogP contribution is 2.54. The lowest BCUT2D eigenvalue weighted by Gasteiger charge is -2.30. The first-order valence-corrected chi connectivity index (χ1v) is 19.1. The number of rotatable bonds is 3. The summed E-state index contributed by atoms with van der Waals surface area (Å²) in [5.41, 5.74) is 15.0. The molecule has 2 aliphatic carbocycles. The van der Waals surface area contributed by atoms with Crippen LogP contribution in [-0.4, -0.2) is 0 Å². The predicted molar refractivity (Wildman–Crippen MR) is 223 cm³/mol. The van der Waals surface area contributed by atoms with Crippen LogP contribution in [0.25, 0.3) is 64.4 Å². The highest BCUT2D eigenvalue weighted by molar-refractivity contribution is 7.26. The van der Waals surface area contributed by atoms with E-state index in [1.54, 1.807) is 11.3 Å². The van der Waals surface area contributed by atoms with Gasteiger partial charge in [0.15, 0.2) is 0 Å². The minimum atomic E-state index is -0.137. The summed E-state index contributed by atoms with van der Waals surface area (Å²) in [4.78, 5) is 16.2. The molecule has 0 bridgehead atoms. The molecular weight excluding hydrogens is 667 g/mol. The normalized spacial score (nSPS) is 14.8. The summed E-state index contributed by atoms with van der Waals surface area (Å²) in [6.45, 7) is 9.38. The third kappa shape index (κ3) is 4.13. The second kappa shape index (κ2) is 10.6. The maximum Gasteiger partial charge on any atom is 0.200 e. The zero-order valence-electron chi connectivity index (χ0n) is 30.0. The Hall–Kier alpha value is -5.97. The summed E-state index contributed by atoms with van der Waals surface area (Å²) in [6, 6.07) is 49.9. The van der Waals surface area contributed by atoms with Crippen molar-refractivity contribution in [2.45, 2.75) is 38.5 Å². The van der Waals surface area contributed by atoms with E-state index in [0.29, 0.717) is 21.9 Å². The van der Waals surface area contributed by atoms with Gasteiger partial charge in [-0.05, 0) is 99.1 Å². The molecule has 0 aliphatic heterocycles. The van der Waals surface area contributed by atoms with Gasteiger partial charge in [0.2, 0.25) is 5.43 Å². The third-order valence-corrected chi connectivity index (χ3v) is 13.3. The van der Waals surface area contributed by atoms with Crippen molar-refractivity contribution < 1.29 is 4.42 Å². The number of fused-ring (bicyclic) bond motifs is 11. The fourth-order valence-electron chi connectivity index (χ4n) is 9.34. The van der Waals surface area contributed by atoms with Crippen LogP contribution in [0, 0.1) is 0 Å². The maximum absolute atomic E-state index is 13.7. The van der Waals surface area contributed by atoms with Crippen LogP contribution in [0.5, 0.6) is 0 Å². The smallest absolute Gasteiger partial charge is 0.200 e. The number of thiophene rings is 1. The van der Waals surface area contributed by atoms with E-state index in [1.165, 1.54) is 49.2 Å². The van der Waals surface area contributed by atoms with Crippen LogP contribution in [0.3, 0.4) is 0 Å². The standard InChI is InChI=1S/C49H35NO2S/c1-48(2)38-16-8-5-12-30(38)32-22-20-28(24-40(32)48)50(29-21-23-33-31-13-6-9-17-39(31)49(3,4)41(33)25-29)42-18-11-15-34-36-26-37-44(27-45(36)53-47(34)42)52-43-19-10-7-14-35(43)46(37)51/h5-27H,1-4H3. The Morgan fingerprint density at radius 2 is 1.06 bits per heavy atom. The van der Waals surface area contributed by atoms with Crippen LogP contribution >= 0.6 is 11.3 Å². The lowest BCUT2D eigenvalue weighted by Crippen LogP contribution is -2.18. The van der Waals surface area contributed by atoms with E-state index in [-0.39, 0.29) is 16.3 Å². The molecule has 2 aliphatic rings. The zero-order valence-corrected chi connectivity index (χ0v) is 30.8. The van der Waals surface area contributed by atoms with Gasteiger partial charge in [0.05, 0.1) is 21.2 Å². The van der Waals surface area contributed by atoms with Crippen molar-refractivity contribution in [1.29, 1.82) is 0 Å². The topological polar surface area (TPSA) is 33.5 Å². The summed E-state index contributed by atoms with van der Waals surface area (Å²) in [6.07, 6.45) is 0. The second-order valence-corrected chi connectivity index (χ2v) is 16.7. The Morgan fingerprint density at radius 3 is 1.72 bits per heavy atom. The molecule has 0 saturated heterocycles. The lowest BCUT2D eigenvalue weighted by atomic mass is 9.82. The summed E-state index contributed by atoms with van der Waals surface area (Å²) >= 11 is 1.76. The molecule has 11 rings (SSSR count). The van der Waals surface area contributed by atoms with Gasteiger partial charge in [-0.1, -0.05) is 113 Å². The fourth-order valence-corrected chi connectivity index (χ4v) is 10.6. The van der Waals surface area contributed by atoms with E-state index in [1.807, 2.05) is 30.3 Å². The van der Waals surface area contributed by atoms with E-state index in [9.17, 15) is 4.79 Å². The van der Waals surface area contributed by atoms with Crippen LogP contribution in [0.4, 0.5) is 17.1 Å². The van der Waals surface area contributed by atoms with Gasteiger partial charge < -0.3 is 9.32 Å². The van der Waals surface area contributed by atoms with Gasteiger partial charge in [0, 0.05) is 37.7 Å². The monoisotopic (exact) mass is 701 g/mol. The van der Waals surface area contributed by atoms with Crippen molar-refractivity contribution in [2.75, 3.05) is 4.90 Å². The molecule has 9 aromatic rings. The summed E-state index contributed by atoms with van der Waals surface area (Å²) in [7, 11) is 0. The first kappa shape index (κ1) is 30.6. The third-order valence-electron chi connectivity index (χ3n) is 12.1. The van der Waals surface area contributed by atoms with Gasteiger partial charge in [0.25, 0.3) is 0 Å². The van der Waals surface area contributed by atoms with E-state index in [4.69, 9.17) is 4.42 Å². The molecule has 0 N–H and O–H groups in total. The molecule has 0 spiro atoms. The van der Waals surface area contributed by atoms with Crippen molar-refractivity contribution in [1.82, 2.24) is 0 Å². The SMILES string of the molecule is CC1(C)c2ccccc2-c2ccc(N(c3ccc4c(c3)C(C)(C)c3ccccc3-4)c3cccc4c3sc3cc5oc6ccccc6c(=O)c5cc34)cc21. The number of nitrogens with zero attached hydrogens (tertiary/aromatic N) is 1. The molecule has 0 amide bonds. The van der Waals surface area contributed by atoms with Gasteiger partial charge in [-0.2, -0.15) is 0 Å². The Balaban J connectivity index is 1.17. The van der Waals surface area contributed by atoms with Crippen molar-refractivity contribution in [2.24, 2.45) is 0 Å². The summed E-state index contributed by atoms with van der Waals surface area (Å²) in [5.74, 6) is 0. The Morgan fingerprint density at radius 1 is 0.491 bits per heavy atom. The molecule has 0 radical (unpaired) electrons. The molecule has 0 saturated carbocycles. The minimum Gasteiger partial charge on any atom is -0.456 e. The first-order chi connectivity index (χ1) is 25.7. The average Bonchev–Trinajstić information content (AvgIpc) is 3.74. The van der Waals surface area contributed by atoms with Gasteiger partial charge in [-0.15, -0.1) is 11.3 Å². The number of benzene rings is 7. The van der Waals surface area contributed by atoms with Crippen LogP contribution < -0.4 is 10.3 Å². The number of anilines is 3. The molecule has 53 heavy (non-hydrogen) atoms. The molecule has 7 aromatic carbocycles. The van der Waals surface area contributed by atoms with Crippen LogP contribution in [-0.2, 0) is 10.8 Å². The molecule has 254 valence electrons. The number of hydrogen-bond acceptors (Lipinski definition) is 4. The van der Waals surface area contributed by atoms with Crippen LogP contribution in [0.15, 0.2) is 149 Å². The Bertz CT molecular complexity index is 3000. The number of para-hydroxylation sites is 1. The van der Waals surface area contributed by atoms with Gasteiger partial charge in [-0.25, -0.2) is 0 Å². The van der Waals surface area contributed by atoms with Gasteiger partial charge >= 0.3 is 0 Å². The molecule has 0 atom stereocenters. The Kier molecular flexibility index (Phi) is 6.10. The summed E-state index contributed by atoms with van der Waals surface area (Å²) < 4.78 is 8.58. The molecule has 3 nitrogen and oxygen atoms in total. The molecule has 2 aromatic heterocycles.